The minimum Gasteiger partial charge on any atom is -0.493 e. The fraction of sp³-hybridized carbons (Fsp3) is 0.345. The van der Waals surface area contributed by atoms with Crippen LogP contribution in [0.1, 0.15) is 94.9 Å². The van der Waals surface area contributed by atoms with Crippen LogP contribution in [0.4, 0.5) is 11.4 Å². The van der Waals surface area contributed by atoms with E-state index in [1.165, 1.54) is 21.9 Å². The van der Waals surface area contributed by atoms with E-state index in [1.54, 1.807) is 0 Å². The molecule has 0 atom stereocenters. The van der Waals surface area contributed by atoms with E-state index in [4.69, 9.17) is 0 Å². The van der Waals surface area contributed by atoms with Crippen LogP contribution in [-0.4, -0.2) is 90.1 Å². The number of aliphatic hydroxyl groups is 2. The Morgan fingerprint density at radius 2 is 1.35 bits per heavy atom. The van der Waals surface area contributed by atoms with E-state index in [9.17, 15) is 36.2 Å². The quantitative estimate of drug-likeness (QED) is 0.0233. The van der Waals surface area contributed by atoms with Crippen LogP contribution in [0.25, 0.3) is 27.1 Å². The van der Waals surface area contributed by atoms with Gasteiger partial charge in [-0.2, -0.15) is 21.4 Å². The molecule has 4 N–H and O–H groups in total. The zero-order valence-electron chi connectivity index (χ0n) is 39.3. The Balaban J connectivity index is 1.26. The first kappa shape index (κ1) is 48.7. The second-order valence-corrected chi connectivity index (χ2v) is 22.3. The van der Waals surface area contributed by atoms with Gasteiger partial charge in [0.1, 0.15) is 6.54 Å². The lowest BCUT2D eigenvalue weighted by Crippen LogP contribution is -2.28. The lowest BCUT2D eigenvalue weighted by Gasteiger charge is -2.28. The molecule has 0 amide bonds. The first-order valence-corrected chi connectivity index (χ1v) is 26.8. The highest BCUT2D eigenvalue weighted by Crippen LogP contribution is 2.51. The number of unbranched alkanes of at least 4 members (excludes halogenated alkanes) is 2. The zero-order chi connectivity index (χ0) is 48.4. The maximum atomic E-state index is 11.7. The number of hydrogen-bond acceptors (Lipinski definition) is 7. The molecule has 356 valence electrons. The summed E-state index contributed by atoms with van der Waals surface area (Å²) in [5.41, 5.74) is 10.8. The molecular weight excluding hydrogens is 895 g/mol. The van der Waals surface area contributed by atoms with Gasteiger partial charge in [0.25, 0.3) is 20.2 Å². The molecule has 2 heterocycles. The molecule has 2 aliphatic heterocycles. The van der Waals surface area contributed by atoms with Gasteiger partial charge in [-0.25, -0.2) is 4.99 Å². The van der Waals surface area contributed by atoms with Gasteiger partial charge < -0.3 is 15.1 Å². The number of hydrogen-bond donors (Lipinski definition) is 4. The number of rotatable bonds is 17. The standard InChI is InChI=1S/C55H61N3O8S2/c1-54(2)48(57(33-9-11-36-67(61,62)63)46-28-24-38-14-5-7-18-44(38)51(46)54)30-26-40-16-13-17-41(50(40)42-20-22-43(23-21-42)53(60)56-32-35-59)27-31-49-55(3,4)52-45-19-8-6-15-39(45)25-29-47(52)58(49)34-10-12-37-68(64,65)66/h5-8,14-15,18-31,59H,9-13,16-17,32-37H2,1-4H3,(H2-,56,60,61,62,63,64,65,66)/p+1. The summed E-state index contributed by atoms with van der Waals surface area (Å²) in [5.74, 6) is -0.728. The fourth-order valence-electron chi connectivity index (χ4n) is 10.7. The molecule has 5 aromatic rings. The van der Waals surface area contributed by atoms with Crippen molar-refractivity contribution in [2.24, 2.45) is 4.99 Å². The molecule has 0 unspecified atom stereocenters. The Kier molecular flexibility index (Phi) is 14.1. The molecule has 68 heavy (non-hydrogen) atoms. The Morgan fingerprint density at radius 1 is 0.721 bits per heavy atom. The average Bonchev–Trinajstić information content (AvgIpc) is 3.66. The molecule has 3 aliphatic rings. The Morgan fingerprint density at radius 3 is 2.01 bits per heavy atom. The van der Waals surface area contributed by atoms with Gasteiger partial charge in [-0.15, -0.1) is 0 Å². The third kappa shape index (κ3) is 10.2. The molecule has 0 fully saturated rings. The first-order chi connectivity index (χ1) is 32.4. The number of nitrogens with zero attached hydrogens (tertiary/aromatic N) is 3. The number of fused-ring (bicyclic) bond motifs is 6. The van der Waals surface area contributed by atoms with Gasteiger partial charge in [0.2, 0.25) is 11.6 Å². The van der Waals surface area contributed by atoms with E-state index < -0.39 is 31.1 Å². The maximum Gasteiger partial charge on any atom is 0.264 e. The molecule has 0 saturated heterocycles. The van der Waals surface area contributed by atoms with Crippen molar-refractivity contribution >= 4 is 70.3 Å². The smallest absolute Gasteiger partial charge is 0.264 e. The average molecular weight is 957 g/mol. The van der Waals surface area contributed by atoms with Crippen molar-refractivity contribution < 1.29 is 40.7 Å². The molecule has 13 heteroatoms. The molecule has 0 saturated carbocycles. The van der Waals surface area contributed by atoms with Crippen molar-refractivity contribution in [3.8, 4) is 0 Å². The van der Waals surface area contributed by atoms with Crippen LogP contribution in [0.3, 0.4) is 0 Å². The van der Waals surface area contributed by atoms with E-state index in [0.717, 1.165) is 75.1 Å². The topological polar surface area (TPSA) is 168 Å². The highest BCUT2D eigenvalue weighted by Gasteiger charge is 2.46. The third-order valence-electron chi connectivity index (χ3n) is 13.8. The summed E-state index contributed by atoms with van der Waals surface area (Å²) in [4.78, 5) is 6.42. The summed E-state index contributed by atoms with van der Waals surface area (Å²) >= 11 is 0. The molecule has 5 aromatic carbocycles. The van der Waals surface area contributed by atoms with Gasteiger partial charge in [0.15, 0.2) is 5.71 Å². The van der Waals surface area contributed by atoms with Crippen molar-refractivity contribution in [2.75, 3.05) is 42.6 Å². The van der Waals surface area contributed by atoms with Crippen molar-refractivity contribution in [2.45, 2.75) is 83.5 Å². The van der Waals surface area contributed by atoms with Crippen LogP contribution >= 0.6 is 0 Å². The summed E-state index contributed by atoms with van der Waals surface area (Å²) in [7, 11) is -8.18. The third-order valence-corrected chi connectivity index (χ3v) is 15.4. The van der Waals surface area contributed by atoms with Crippen LogP contribution < -0.4 is 4.90 Å². The summed E-state index contributed by atoms with van der Waals surface area (Å²) < 4.78 is 68.1. The highest BCUT2D eigenvalue weighted by atomic mass is 32.2. The minimum absolute atomic E-state index is 0.0925. The van der Waals surface area contributed by atoms with Gasteiger partial charge >= 0.3 is 0 Å². The summed E-state index contributed by atoms with van der Waals surface area (Å²) in [6.45, 7) is 10.0. The van der Waals surface area contributed by atoms with Crippen molar-refractivity contribution in [1.82, 2.24) is 0 Å². The van der Waals surface area contributed by atoms with Gasteiger partial charge in [-0.3, -0.25) is 9.11 Å². The van der Waals surface area contributed by atoms with E-state index in [1.807, 2.05) is 36.4 Å². The number of allylic oxidation sites excluding steroid dienone is 8. The number of aliphatic hydroxyl groups excluding tert-OH is 2. The van der Waals surface area contributed by atoms with Gasteiger partial charge in [0.05, 0.1) is 30.1 Å². The van der Waals surface area contributed by atoms with Crippen LogP contribution in [0, 0.1) is 0 Å². The molecule has 11 nitrogen and oxygen atoms in total. The zero-order valence-corrected chi connectivity index (χ0v) is 41.0. The van der Waals surface area contributed by atoms with Crippen molar-refractivity contribution in [1.29, 1.82) is 0 Å². The van der Waals surface area contributed by atoms with E-state index >= 15 is 0 Å². The number of aliphatic imine (C=N–C) groups is 1. The summed E-state index contributed by atoms with van der Waals surface area (Å²) in [6.07, 6.45) is 13.2. The Labute approximate surface area is 400 Å². The van der Waals surface area contributed by atoms with Crippen LogP contribution in [0.2, 0.25) is 0 Å². The van der Waals surface area contributed by atoms with E-state index in [-0.39, 0.29) is 30.6 Å². The second-order valence-electron chi connectivity index (χ2n) is 19.1. The molecule has 0 bridgehead atoms. The molecule has 1 aliphatic carbocycles. The van der Waals surface area contributed by atoms with Gasteiger partial charge in [-0.1, -0.05) is 92.7 Å². The first-order valence-electron chi connectivity index (χ1n) is 23.5. The van der Waals surface area contributed by atoms with E-state index in [0.29, 0.717) is 44.3 Å². The SMILES string of the molecule is CC1(C)C(=CC=C2CCCC(C=CC3=[N+](CCCCS(=O)(=O)O)c4ccc5ccccc5c4C3(C)C)=C2c2ccc(C(O)=NCCO)cc2)N(CCCCS(=O)(=O)O)c2ccc3ccccc3c21. The lowest BCUT2D eigenvalue weighted by molar-refractivity contribution is -0.438. The highest BCUT2D eigenvalue weighted by molar-refractivity contribution is 7.86. The minimum atomic E-state index is -4.09. The predicted octanol–water partition coefficient (Wildman–Crippen LogP) is 10.8. The predicted molar refractivity (Wildman–Crippen MR) is 276 cm³/mol. The second kappa shape index (κ2) is 19.7. The van der Waals surface area contributed by atoms with E-state index in [2.05, 4.69) is 127 Å². The van der Waals surface area contributed by atoms with Crippen molar-refractivity contribution in [3.63, 3.8) is 0 Å². The number of benzene rings is 5. The largest absolute Gasteiger partial charge is 0.493 e. The normalized spacial score (nSPS) is 18.5. The monoisotopic (exact) mass is 956 g/mol. The molecular formula is C55H62N3O8S2+. The lowest BCUT2D eigenvalue weighted by atomic mass is 9.78. The molecule has 8 rings (SSSR count). The fourth-order valence-corrected chi connectivity index (χ4v) is 11.8. The summed E-state index contributed by atoms with van der Waals surface area (Å²) in [6, 6.07) is 33.1. The van der Waals surface area contributed by atoms with Crippen LogP contribution in [-0.2, 0) is 31.1 Å². The van der Waals surface area contributed by atoms with Crippen LogP contribution in [0.15, 0.2) is 143 Å². The molecule has 0 spiro atoms. The summed E-state index contributed by atoms with van der Waals surface area (Å²) in [5, 5.41) is 24.7. The maximum absolute atomic E-state index is 11.7. The van der Waals surface area contributed by atoms with Crippen molar-refractivity contribution in [3.05, 3.63) is 160 Å². The Hall–Kier alpha value is -5.70. The Bertz CT molecular complexity index is 3180. The van der Waals surface area contributed by atoms with Crippen LogP contribution in [0.5, 0.6) is 0 Å². The van der Waals surface area contributed by atoms with Gasteiger partial charge in [0, 0.05) is 53.0 Å². The molecule has 0 aromatic heterocycles. The number of anilines is 1. The van der Waals surface area contributed by atoms with Gasteiger partial charge in [-0.05, 0) is 132 Å². The molecule has 0 radical (unpaired) electrons.